The lowest BCUT2D eigenvalue weighted by molar-refractivity contribution is -0.189. The summed E-state index contributed by atoms with van der Waals surface area (Å²) >= 11 is 0. The van der Waals surface area contributed by atoms with E-state index in [2.05, 4.69) is 0 Å². The van der Waals surface area contributed by atoms with Gasteiger partial charge in [-0.2, -0.15) is 0 Å². The Morgan fingerprint density at radius 2 is 1.80 bits per heavy atom. The summed E-state index contributed by atoms with van der Waals surface area (Å²) in [5, 5.41) is 21.2. The van der Waals surface area contributed by atoms with Crippen LogP contribution < -0.4 is 18.9 Å². The first-order valence-corrected chi connectivity index (χ1v) is 9.50. The lowest BCUT2D eigenvalue weighted by Crippen LogP contribution is -2.50. The van der Waals surface area contributed by atoms with Crippen LogP contribution in [0, 0.1) is 0 Å². The fraction of sp³-hybridized carbons (Fsp3) is 0.409. The quantitative estimate of drug-likeness (QED) is 0.674. The predicted octanol–water partition coefficient (Wildman–Crippen LogP) is 3.13. The first-order valence-electron chi connectivity index (χ1n) is 9.50. The van der Waals surface area contributed by atoms with E-state index in [1.165, 1.54) is 21.3 Å². The Morgan fingerprint density at radius 3 is 2.40 bits per heavy atom. The molecular formula is C22H26O8. The molecule has 0 saturated carbocycles. The number of methoxy groups -OCH3 is 3. The minimum Gasteiger partial charge on any atom is -0.497 e. The van der Waals surface area contributed by atoms with Crippen molar-refractivity contribution >= 4 is 5.97 Å². The highest BCUT2D eigenvalue weighted by Gasteiger charge is 2.53. The fourth-order valence-corrected chi connectivity index (χ4v) is 3.80. The Bertz CT molecular complexity index is 912. The Hall–Kier alpha value is -2.97. The van der Waals surface area contributed by atoms with Gasteiger partial charge in [0, 0.05) is 18.2 Å². The molecule has 0 unspecified atom stereocenters. The Morgan fingerprint density at radius 1 is 1.07 bits per heavy atom. The summed E-state index contributed by atoms with van der Waals surface area (Å²) in [7, 11) is 4.55. The molecule has 0 spiro atoms. The molecule has 1 heterocycles. The van der Waals surface area contributed by atoms with E-state index in [1.807, 2.05) is 0 Å². The van der Waals surface area contributed by atoms with Gasteiger partial charge in [-0.25, -0.2) is 0 Å². The SMILES string of the molecule is CCO[C@H]1c2ccc(OC)cc2O[C@@H](c2ccc(OC)c(OC)c2)[C@@]1(O)CC(=O)O. The molecule has 3 rings (SSSR count). The number of carbonyl (C=O) groups is 1. The molecule has 2 aromatic rings. The van der Waals surface area contributed by atoms with Gasteiger partial charge in [0.1, 0.15) is 23.2 Å². The number of carboxylic acid groups (broad SMARTS) is 1. The molecule has 162 valence electrons. The molecular weight excluding hydrogens is 392 g/mol. The number of ether oxygens (including phenoxy) is 5. The van der Waals surface area contributed by atoms with Gasteiger partial charge in [-0.1, -0.05) is 6.07 Å². The van der Waals surface area contributed by atoms with Crippen molar-refractivity contribution in [2.24, 2.45) is 0 Å². The van der Waals surface area contributed by atoms with Gasteiger partial charge in [0.2, 0.25) is 0 Å². The Kier molecular flexibility index (Phi) is 6.38. The molecule has 0 bridgehead atoms. The molecule has 0 saturated heterocycles. The first kappa shape index (κ1) is 21.7. The van der Waals surface area contributed by atoms with Crippen molar-refractivity contribution in [1.82, 2.24) is 0 Å². The van der Waals surface area contributed by atoms with Crippen molar-refractivity contribution in [1.29, 1.82) is 0 Å². The summed E-state index contributed by atoms with van der Waals surface area (Å²) in [6.07, 6.45) is -2.54. The average molecular weight is 418 g/mol. The highest BCUT2D eigenvalue weighted by Crippen LogP contribution is 2.52. The summed E-state index contributed by atoms with van der Waals surface area (Å²) in [6, 6.07) is 10.2. The molecule has 0 aromatic heterocycles. The standard InChI is InChI=1S/C22H26O8/c1-5-29-21-15-8-7-14(26-2)11-17(15)30-20(22(21,25)12-19(23)24)13-6-9-16(27-3)18(10-13)28-4/h6-11,20-21,25H,5,12H2,1-4H3,(H,23,24)/t20-,21-,22-/m0/s1. The number of hydrogen-bond donors (Lipinski definition) is 2. The van der Waals surface area contributed by atoms with Crippen LogP contribution in [0.4, 0.5) is 0 Å². The second-order valence-electron chi connectivity index (χ2n) is 6.91. The van der Waals surface area contributed by atoms with Crippen LogP contribution >= 0.6 is 0 Å². The molecule has 1 aliphatic rings. The van der Waals surface area contributed by atoms with E-state index in [-0.39, 0.29) is 6.61 Å². The van der Waals surface area contributed by atoms with Crippen LogP contribution in [0.25, 0.3) is 0 Å². The largest absolute Gasteiger partial charge is 0.497 e. The van der Waals surface area contributed by atoms with Gasteiger partial charge in [-0.15, -0.1) is 0 Å². The van der Waals surface area contributed by atoms with Crippen LogP contribution in [-0.2, 0) is 9.53 Å². The Balaban J connectivity index is 2.19. The van der Waals surface area contributed by atoms with Crippen LogP contribution in [0.1, 0.15) is 36.7 Å². The summed E-state index contributed by atoms with van der Waals surface area (Å²) < 4.78 is 28.0. The smallest absolute Gasteiger partial charge is 0.306 e. The van der Waals surface area contributed by atoms with Crippen LogP contribution in [0.3, 0.4) is 0 Å². The molecule has 8 nitrogen and oxygen atoms in total. The van der Waals surface area contributed by atoms with Crippen LogP contribution in [-0.4, -0.2) is 49.7 Å². The third kappa shape index (κ3) is 3.88. The van der Waals surface area contributed by atoms with Gasteiger partial charge in [-0.05, 0) is 36.8 Å². The van der Waals surface area contributed by atoms with Gasteiger partial charge >= 0.3 is 5.97 Å². The monoisotopic (exact) mass is 418 g/mol. The lowest BCUT2D eigenvalue weighted by Gasteiger charge is -2.45. The zero-order valence-corrected chi connectivity index (χ0v) is 17.4. The van der Waals surface area contributed by atoms with Crippen molar-refractivity contribution in [2.75, 3.05) is 27.9 Å². The highest BCUT2D eigenvalue weighted by molar-refractivity contribution is 5.69. The summed E-state index contributed by atoms with van der Waals surface area (Å²) in [5.74, 6) is 0.776. The normalized spacial score (nSPS) is 22.6. The minimum atomic E-state index is -1.87. The molecule has 0 radical (unpaired) electrons. The molecule has 0 aliphatic carbocycles. The molecule has 0 amide bonds. The zero-order valence-electron chi connectivity index (χ0n) is 17.4. The first-order chi connectivity index (χ1) is 14.4. The van der Waals surface area contributed by atoms with E-state index in [4.69, 9.17) is 23.7 Å². The molecule has 3 atom stereocenters. The number of carboxylic acids is 1. The molecule has 30 heavy (non-hydrogen) atoms. The maximum absolute atomic E-state index is 11.7. The second-order valence-corrected chi connectivity index (χ2v) is 6.91. The van der Waals surface area contributed by atoms with Crippen LogP contribution in [0.2, 0.25) is 0 Å². The molecule has 0 fully saturated rings. The van der Waals surface area contributed by atoms with E-state index >= 15 is 0 Å². The third-order valence-electron chi connectivity index (χ3n) is 5.13. The van der Waals surface area contributed by atoms with Crippen molar-refractivity contribution < 1.29 is 38.7 Å². The summed E-state index contributed by atoms with van der Waals surface area (Å²) in [4.78, 5) is 11.7. The number of hydrogen-bond acceptors (Lipinski definition) is 7. The topological polar surface area (TPSA) is 104 Å². The number of fused-ring (bicyclic) bond motifs is 1. The third-order valence-corrected chi connectivity index (χ3v) is 5.13. The summed E-state index contributed by atoms with van der Waals surface area (Å²) in [6.45, 7) is 2.06. The fourth-order valence-electron chi connectivity index (χ4n) is 3.80. The van der Waals surface area contributed by atoms with Gasteiger partial charge < -0.3 is 33.9 Å². The van der Waals surface area contributed by atoms with Crippen LogP contribution in [0.15, 0.2) is 36.4 Å². The molecule has 1 aliphatic heterocycles. The minimum absolute atomic E-state index is 0.275. The average Bonchev–Trinajstić information content (AvgIpc) is 2.74. The maximum atomic E-state index is 11.7. The van der Waals surface area contributed by atoms with Crippen LogP contribution in [0.5, 0.6) is 23.0 Å². The Labute approximate surface area is 174 Å². The number of benzene rings is 2. The van der Waals surface area contributed by atoms with Gasteiger partial charge in [-0.3, -0.25) is 4.79 Å². The van der Waals surface area contributed by atoms with E-state index in [1.54, 1.807) is 43.3 Å². The highest BCUT2D eigenvalue weighted by atomic mass is 16.5. The molecule has 2 N–H and O–H groups in total. The lowest BCUT2D eigenvalue weighted by atomic mass is 9.77. The number of rotatable bonds is 8. The van der Waals surface area contributed by atoms with Crippen molar-refractivity contribution in [3.8, 4) is 23.0 Å². The molecule has 2 aromatic carbocycles. The van der Waals surface area contributed by atoms with E-state index in [0.717, 1.165) is 0 Å². The second kappa shape index (κ2) is 8.81. The predicted molar refractivity (Wildman–Crippen MR) is 107 cm³/mol. The number of aliphatic hydroxyl groups is 1. The zero-order chi connectivity index (χ0) is 21.9. The maximum Gasteiger partial charge on any atom is 0.306 e. The van der Waals surface area contributed by atoms with Gasteiger partial charge in [0.15, 0.2) is 17.6 Å². The molecule has 8 heteroatoms. The number of aliphatic carboxylic acids is 1. The van der Waals surface area contributed by atoms with E-state index in [0.29, 0.717) is 34.1 Å². The van der Waals surface area contributed by atoms with Crippen molar-refractivity contribution in [3.63, 3.8) is 0 Å². The van der Waals surface area contributed by atoms with E-state index in [9.17, 15) is 15.0 Å². The van der Waals surface area contributed by atoms with Crippen molar-refractivity contribution in [3.05, 3.63) is 47.5 Å². The van der Waals surface area contributed by atoms with E-state index < -0.39 is 30.2 Å². The van der Waals surface area contributed by atoms with Gasteiger partial charge in [0.05, 0.1) is 27.8 Å². The van der Waals surface area contributed by atoms with Gasteiger partial charge in [0.25, 0.3) is 0 Å². The summed E-state index contributed by atoms with van der Waals surface area (Å²) in [5.41, 5.74) is -0.795. The van der Waals surface area contributed by atoms with Crippen molar-refractivity contribution in [2.45, 2.75) is 31.2 Å².